The van der Waals surface area contributed by atoms with E-state index >= 15 is 0 Å². The minimum absolute atomic E-state index is 0.0244. The van der Waals surface area contributed by atoms with Gasteiger partial charge in [-0.15, -0.1) is 0 Å². The van der Waals surface area contributed by atoms with Gasteiger partial charge in [0.1, 0.15) is 11.1 Å². The highest BCUT2D eigenvalue weighted by Crippen LogP contribution is 2.26. The van der Waals surface area contributed by atoms with E-state index in [0.29, 0.717) is 16.8 Å². The van der Waals surface area contributed by atoms with E-state index in [1.165, 1.54) is 24.4 Å². The van der Waals surface area contributed by atoms with E-state index in [4.69, 9.17) is 23.2 Å². The molecule has 21 heavy (non-hydrogen) atoms. The van der Waals surface area contributed by atoms with E-state index in [9.17, 15) is 10.1 Å². The number of rotatable bonds is 4. The third kappa shape index (κ3) is 3.10. The smallest absolute Gasteiger partial charge is 0.270 e. The molecule has 0 spiro atoms. The van der Waals surface area contributed by atoms with E-state index in [2.05, 4.69) is 10.2 Å². The van der Waals surface area contributed by atoms with Gasteiger partial charge in [0, 0.05) is 23.3 Å². The number of nitro benzene ring substituents is 1. The first-order chi connectivity index (χ1) is 10.0. The van der Waals surface area contributed by atoms with Crippen LogP contribution in [0, 0.1) is 21.4 Å². The quantitative estimate of drug-likeness (QED) is 0.293. The van der Waals surface area contributed by atoms with Gasteiger partial charge in [-0.25, -0.2) is 0 Å². The van der Waals surface area contributed by atoms with Crippen LogP contribution < -0.4 is 5.73 Å². The van der Waals surface area contributed by atoms with E-state index in [1.54, 1.807) is 12.1 Å². The highest BCUT2D eigenvalue weighted by molar-refractivity contribution is 7.80. The maximum atomic E-state index is 10.8. The Morgan fingerprint density at radius 1 is 1.57 bits per heavy atom. The number of hydrogen-bond donors (Lipinski definition) is 2. The summed E-state index contributed by atoms with van der Waals surface area (Å²) in [6.07, 6.45) is 2.98. The first-order valence-electron chi connectivity index (χ1n) is 5.72. The summed E-state index contributed by atoms with van der Waals surface area (Å²) in [6.45, 7) is 0. The van der Waals surface area contributed by atoms with Crippen LogP contribution in [0.15, 0.2) is 36.0 Å². The number of thiocarbonyl (C=S) groups is 1. The molecule has 0 fully saturated rings. The molecule has 2 aromatic rings. The van der Waals surface area contributed by atoms with Crippen LogP contribution >= 0.6 is 12.2 Å². The molecule has 7 nitrogen and oxygen atoms in total. The highest BCUT2D eigenvalue weighted by Gasteiger charge is 2.12. The predicted molar refractivity (Wildman–Crippen MR) is 81.1 cm³/mol. The van der Waals surface area contributed by atoms with Crippen LogP contribution in [0.3, 0.4) is 0 Å². The van der Waals surface area contributed by atoms with Crippen molar-refractivity contribution in [1.29, 1.82) is 5.26 Å². The Morgan fingerprint density at radius 3 is 2.95 bits per heavy atom. The van der Waals surface area contributed by atoms with Gasteiger partial charge in [0.15, 0.2) is 0 Å². The number of H-pyrrole nitrogens is 1. The zero-order chi connectivity index (χ0) is 15.4. The maximum absolute atomic E-state index is 10.8. The number of aromatic nitrogens is 2. The molecule has 0 aliphatic rings. The third-order valence-corrected chi connectivity index (χ3v) is 2.92. The molecule has 0 unspecified atom stereocenters. The molecule has 0 saturated heterocycles. The van der Waals surface area contributed by atoms with Gasteiger partial charge in [-0.1, -0.05) is 24.4 Å². The number of aromatic amines is 1. The maximum Gasteiger partial charge on any atom is 0.270 e. The summed E-state index contributed by atoms with van der Waals surface area (Å²) in [6, 6.07) is 7.97. The number of nitrogens with two attached hydrogens (primary N) is 1. The van der Waals surface area contributed by atoms with Gasteiger partial charge < -0.3 is 5.73 Å². The topological polar surface area (TPSA) is 122 Å². The van der Waals surface area contributed by atoms with Gasteiger partial charge in [-0.3, -0.25) is 15.2 Å². The van der Waals surface area contributed by atoms with Gasteiger partial charge >= 0.3 is 0 Å². The van der Waals surface area contributed by atoms with Crippen LogP contribution in [0.5, 0.6) is 0 Å². The molecular weight excluding hydrogens is 290 g/mol. The lowest BCUT2D eigenvalue weighted by Gasteiger charge is -2.01. The van der Waals surface area contributed by atoms with Gasteiger partial charge in [-0.05, 0) is 6.08 Å². The second-order valence-electron chi connectivity index (χ2n) is 4.04. The second-order valence-corrected chi connectivity index (χ2v) is 4.48. The van der Waals surface area contributed by atoms with Gasteiger partial charge in [0.05, 0.1) is 22.4 Å². The van der Waals surface area contributed by atoms with Crippen LogP contribution in [0.25, 0.3) is 17.3 Å². The number of nitriles is 1. The van der Waals surface area contributed by atoms with Crippen molar-refractivity contribution in [3.8, 4) is 17.3 Å². The molecule has 0 aliphatic heterocycles. The minimum atomic E-state index is -0.481. The number of non-ortho nitro benzene ring substituents is 1. The molecule has 3 N–H and O–H groups in total. The number of nitrogens with zero attached hydrogens (tertiary/aromatic N) is 3. The molecule has 0 atom stereocenters. The number of nitro groups is 1. The fraction of sp³-hybridized carbons (Fsp3) is 0. The molecule has 2 rings (SSSR count). The van der Waals surface area contributed by atoms with Gasteiger partial charge in [0.2, 0.25) is 0 Å². The number of hydrogen-bond acceptors (Lipinski definition) is 5. The standard InChI is InChI=1S/C13H9N5O2S/c14-6-9(13(15)21)4-10-7-16-17-12(10)8-2-1-3-11(5-8)18(19)20/h1-5,7H,(H2,15,21)(H,16,17). The van der Waals surface area contributed by atoms with Crippen molar-refractivity contribution in [2.75, 3.05) is 0 Å². The molecule has 0 bridgehead atoms. The van der Waals surface area contributed by atoms with Crippen molar-refractivity contribution in [3.05, 3.63) is 51.7 Å². The van der Waals surface area contributed by atoms with Crippen molar-refractivity contribution in [1.82, 2.24) is 10.2 Å². The summed E-state index contributed by atoms with van der Waals surface area (Å²) in [5.74, 6) is 0. The Bertz CT molecular complexity index is 788. The lowest BCUT2D eigenvalue weighted by Crippen LogP contribution is -2.09. The highest BCUT2D eigenvalue weighted by atomic mass is 32.1. The summed E-state index contributed by atoms with van der Waals surface area (Å²) in [5.41, 5.74) is 7.23. The average molecular weight is 299 g/mol. The van der Waals surface area contributed by atoms with E-state index in [0.717, 1.165) is 0 Å². The lowest BCUT2D eigenvalue weighted by molar-refractivity contribution is -0.384. The molecule has 0 amide bonds. The van der Waals surface area contributed by atoms with Gasteiger partial charge in [0.25, 0.3) is 5.69 Å². The summed E-state index contributed by atoms with van der Waals surface area (Å²) >= 11 is 4.77. The van der Waals surface area contributed by atoms with Crippen molar-refractivity contribution < 1.29 is 4.92 Å². The Labute approximate surface area is 124 Å². The number of benzene rings is 1. The fourth-order valence-electron chi connectivity index (χ4n) is 1.73. The van der Waals surface area contributed by atoms with Crippen LogP contribution in [0.4, 0.5) is 5.69 Å². The predicted octanol–water partition coefficient (Wildman–Crippen LogP) is 2.18. The fourth-order valence-corrected chi connectivity index (χ4v) is 1.83. The molecule has 0 aliphatic carbocycles. The molecule has 1 aromatic carbocycles. The first-order valence-corrected chi connectivity index (χ1v) is 6.13. The molecule has 1 aromatic heterocycles. The molecule has 0 radical (unpaired) electrons. The zero-order valence-electron chi connectivity index (χ0n) is 10.6. The Kier molecular flexibility index (Phi) is 4.06. The molecule has 1 heterocycles. The minimum Gasteiger partial charge on any atom is -0.389 e. The molecular formula is C13H9N5O2S. The third-order valence-electron chi connectivity index (χ3n) is 2.70. The van der Waals surface area contributed by atoms with Crippen LogP contribution in [0.2, 0.25) is 0 Å². The molecule has 8 heteroatoms. The first kappa shape index (κ1) is 14.4. The van der Waals surface area contributed by atoms with E-state index in [-0.39, 0.29) is 16.2 Å². The van der Waals surface area contributed by atoms with Gasteiger partial charge in [-0.2, -0.15) is 10.4 Å². The Balaban J connectivity index is 2.51. The summed E-state index contributed by atoms with van der Waals surface area (Å²) < 4.78 is 0. The Morgan fingerprint density at radius 2 is 2.33 bits per heavy atom. The van der Waals surface area contributed by atoms with Crippen molar-refractivity contribution in [3.63, 3.8) is 0 Å². The average Bonchev–Trinajstić information content (AvgIpc) is 2.92. The van der Waals surface area contributed by atoms with Crippen LogP contribution in [-0.4, -0.2) is 20.1 Å². The van der Waals surface area contributed by atoms with Crippen molar-refractivity contribution in [2.45, 2.75) is 0 Å². The zero-order valence-corrected chi connectivity index (χ0v) is 11.4. The lowest BCUT2D eigenvalue weighted by atomic mass is 10.1. The van der Waals surface area contributed by atoms with Crippen LogP contribution in [0.1, 0.15) is 5.56 Å². The van der Waals surface area contributed by atoms with Crippen molar-refractivity contribution >= 4 is 29.0 Å². The monoisotopic (exact) mass is 299 g/mol. The summed E-state index contributed by atoms with van der Waals surface area (Å²) in [4.78, 5) is 10.3. The molecule has 104 valence electrons. The number of nitrogens with one attached hydrogen (secondary N) is 1. The van der Waals surface area contributed by atoms with Crippen molar-refractivity contribution in [2.24, 2.45) is 5.73 Å². The Hall–Kier alpha value is -3.05. The van der Waals surface area contributed by atoms with E-state index < -0.39 is 4.92 Å². The normalized spacial score (nSPS) is 10.9. The van der Waals surface area contributed by atoms with E-state index in [1.807, 2.05) is 6.07 Å². The largest absolute Gasteiger partial charge is 0.389 e. The summed E-state index contributed by atoms with van der Waals surface area (Å²) in [7, 11) is 0. The molecule has 0 saturated carbocycles. The SMILES string of the molecule is N#CC(=Cc1cn[nH]c1-c1cccc([N+](=O)[O-])c1)C(N)=S. The summed E-state index contributed by atoms with van der Waals surface area (Å²) in [5, 5.41) is 26.4. The van der Waals surface area contributed by atoms with Crippen LogP contribution in [-0.2, 0) is 0 Å². The second kappa shape index (κ2) is 5.94.